The van der Waals surface area contributed by atoms with E-state index in [1.807, 2.05) is 0 Å². The van der Waals surface area contributed by atoms with Crippen molar-refractivity contribution < 1.29 is 26.3 Å². The third-order valence-corrected chi connectivity index (χ3v) is 2.58. The van der Waals surface area contributed by atoms with Gasteiger partial charge in [0.05, 0.1) is 0 Å². The lowest BCUT2D eigenvalue weighted by Crippen LogP contribution is -2.34. The second kappa shape index (κ2) is 4.42. The van der Waals surface area contributed by atoms with E-state index in [9.17, 15) is 26.3 Å². The van der Waals surface area contributed by atoms with Gasteiger partial charge in [0.15, 0.2) is 5.92 Å². The molecule has 16 heavy (non-hydrogen) atoms. The lowest BCUT2D eigenvalue weighted by atomic mass is 9.98. The van der Waals surface area contributed by atoms with Gasteiger partial charge in [-0.05, 0) is 40.3 Å². The van der Waals surface area contributed by atoms with Gasteiger partial charge in [-0.2, -0.15) is 26.3 Å². The summed E-state index contributed by atoms with van der Waals surface area (Å²) in [6.45, 7) is 0. The molecule has 7 heteroatoms. The smallest absolute Gasteiger partial charge is 0.170 e. The van der Waals surface area contributed by atoms with Gasteiger partial charge in [-0.25, -0.2) is 0 Å². The summed E-state index contributed by atoms with van der Waals surface area (Å²) in [6, 6.07) is 4.10. The second-order valence-electron chi connectivity index (χ2n) is 3.07. The van der Waals surface area contributed by atoms with Crippen LogP contribution in [0.5, 0.6) is 0 Å². The van der Waals surface area contributed by atoms with E-state index in [0.717, 1.165) is 12.1 Å². The number of benzene rings is 1. The average Bonchev–Trinajstić information content (AvgIpc) is 2.03. The molecule has 0 atom stereocenters. The molecule has 0 unspecified atom stereocenters. The summed E-state index contributed by atoms with van der Waals surface area (Å²) in [4.78, 5) is 0. The standard InChI is InChI=1S/C9H5F6I/c10-8(11,12)7(9(13,14)15)5-1-3-6(16)4-2-5/h1-4,7H. The Morgan fingerprint density at radius 3 is 1.50 bits per heavy atom. The maximum absolute atomic E-state index is 12.3. The van der Waals surface area contributed by atoms with Crippen LogP contribution in [0.4, 0.5) is 26.3 Å². The van der Waals surface area contributed by atoms with Crippen molar-refractivity contribution in [2.24, 2.45) is 0 Å². The molecule has 0 spiro atoms. The van der Waals surface area contributed by atoms with Crippen LogP contribution in [0, 0.1) is 3.57 Å². The van der Waals surface area contributed by atoms with Gasteiger partial charge in [0.25, 0.3) is 0 Å². The minimum atomic E-state index is -5.33. The quantitative estimate of drug-likeness (QED) is 0.515. The highest BCUT2D eigenvalue weighted by Crippen LogP contribution is 2.46. The number of hydrogen-bond donors (Lipinski definition) is 0. The maximum Gasteiger partial charge on any atom is 0.404 e. The van der Waals surface area contributed by atoms with Crippen LogP contribution < -0.4 is 0 Å². The summed E-state index contributed by atoms with van der Waals surface area (Å²) in [7, 11) is 0. The molecule has 1 rings (SSSR count). The summed E-state index contributed by atoms with van der Waals surface area (Å²) >= 11 is 1.80. The van der Waals surface area contributed by atoms with Crippen molar-refractivity contribution >= 4 is 22.6 Å². The van der Waals surface area contributed by atoms with E-state index >= 15 is 0 Å². The average molecular weight is 354 g/mol. The molecule has 0 N–H and O–H groups in total. The third kappa shape index (κ3) is 3.26. The third-order valence-electron chi connectivity index (χ3n) is 1.86. The van der Waals surface area contributed by atoms with Crippen LogP contribution >= 0.6 is 22.6 Å². The number of rotatable bonds is 1. The largest absolute Gasteiger partial charge is 0.404 e. The molecule has 0 fully saturated rings. The molecule has 0 amide bonds. The van der Waals surface area contributed by atoms with Gasteiger partial charge in [0, 0.05) is 3.57 Å². The number of halogens is 7. The molecule has 0 aliphatic rings. The first-order valence-corrected chi connectivity index (χ1v) is 5.09. The molecule has 1 aromatic carbocycles. The van der Waals surface area contributed by atoms with Gasteiger partial charge < -0.3 is 0 Å². The first kappa shape index (κ1) is 13.6. The maximum atomic E-state index is 12.3. The molecule has 0 bridgehead atoms. The number of hydrogen-bond acceptors (Lipinski definition) is 0. The monoisotopic (exact) mass is 354 g/mol. The summed E-state index contributed by atoms with van der Waals surface area (Å²) in [5.74, 6) is -3.42. The van der Waals surface area contributed by atoms with Gasteiger partial charge in [-0.15, -0.1) is 0 Å². The predicted molar refractivity (Wildman–Crippen MR) is 54.0 cm³/mol. The van der Waals surface area contributed by atoms with Gasteiger partial charge in [0.1, 0.15) is 0 Å². The molecule has 1 aromatic rings. The highest BCUT2D eigenvalue weighted by molar-refractivity contribution is 14.1. The fraction of sp³-hybridized carbons (Fsp3) is 0.333. The molecule has 0 aliphatic carbocycles. The molecule has 0 saturated heterocycles. The zero-order valence-corrected chi connectivity index (χ0v) is 9.69. The molecule has 0 radical (unpaired) electrons. The van der Waals surface area contributed by atoms with Gasteiger partial charge in [-0.1, -0.05) is 12.1 Å². The van der Waals surface area contributed by atoms with Crippen LogP contribution in [-0.4, -0.2) is 12.4 Å². The van der Waals surface area contributed by atoms with Crippen LogP contribution in [0.3, 0.4) is 0 Å². The predicted octanol–water partition coefficient (Wildman–Crippen LogP) is 4.50. The molecule has 0 nitrogen and oxygen atoms in total. The van der Waals surface area contributed by atoms with Crippen LogP contribution in [0.1, 0.15) is 11.5 Å². The van der Waals surface area contributed by atoms with Gasteiger partial charge in [0.2, 0.25) is 0 Å². The van der Waals surface area contributed by atoms with Gasteiger partial charge in [-0.3, -0.25) is 0 Å². The molecule has 0 aromatic heterocycles. The lowest BCUT2D eigenvalue weighted by molar-refractivity contribution is -0.253. The normalized spacial score (nSPS) is 13.2. The van der Waals surface area contributed by atoms with Gasteiger partial charge >= 0.3 is 12.4 Å². The Kier molecular flexibility index (Phi) is 3.76. The van der Waals surface area contributed by atoms with Crippen molar-refractivity contribution in [1.29, 1.82) is 0 Å². The first-order chi connectivity index (χ1) is 7.12. The zero-order valence-electron chi connectivity index (χ0n) is 7.53. The molecular formula is C9H5F6I. The van der Waals surface area contributed by atoms with E-state index in [4.69, 9.17) is 0 Å². The van der Waals surface area contributed by atoms with Crippen molar-refractivity contribution in [3.05, 3.63) is 33.4 Å². The lowest BCUT2D eigenvalue weighted by Gasteiger charge is -2.23. The van der Waals surface area contributed by atoms with E-state index in [2.05, 4.69) is 0 Å². The van der Waals surface area contributed by atoms with E-state index in [1.54, 1.807) is 22.6 Å². The molecule has 0 aliphatic heterocycles. The van der Waals surface area contributed by atoms with Crippen LogP contribution in [0.25, 0.3) is 0 Å². The fourth-order valence-corrected chi connectivity index (χ4v) is 1.58. The molecule has 90 valence electrons. The SMILES string of the molecule is FC(F)(F)C(c1ccc(I)cc1)C(F)(F)F. The highest BCUT2D eigenvalue weighted by atomic mass is 127. The Hall–Kier alpha value is -0.470. The summed E-state index contributed by atoms with van der Waals surface area (Å²) in [5.41, 5.74) is -0.791. The molecular weight excluding hydrogens is 349 g/mol. The Bertz CT molecular complexity index is 336. The van der Waals surface area contributed by atoms with E-state index in [-0.39, 0.29) is 0 Å². The molecule has 0 saturated carbocycles. The zero-order chi connectivity index (χ0) is 12.6. The van der Waals surface area contributed by atoms with Crippen molar-refractivity contribution in [2.75, 3.05) is 0 Å². The fourth-order valence-electron chi connectivity index (χ4n) is 1.22. The molecule has 0 heterocycles. The Morgan fingerprint density at radius 2 is 1.19 bits per heavy atom. The summed E-state index contributed by atoms with van der Waals surface area (Å²) in [6.07, 6.45) is -10.7. The minimum absolute atomic E-state index is 0.574. The second-order valence-corrected chi connectivity index (χ2v) is 4.31. The highest BCUT2D eigenvalue weighted by Gasteiger charge is 2.57. The minimum Gasteiger partial charge on any atom is -0.170 e. The topological polar surface area (TPSA) is 0 Å². The van der Waals surface area contributed by atoms with E-state index < -0.39 is 23.8 Å². The van der Waals surface area contributed by atoms with Crippen LogP contribution in [-0.2, 0) is 0 Å². The van der Waals surface area contributed by atoms with Crippen LogP contribution in [0.2, 0.25) is 0 Å². The Labute approximate surface area is 101 Å². The van der Waals surface area contributed by atoms with Crippen LogP contribution in [0.15, 0.2) is 24.3 Å². The van der Waals surface area contributed by atoms with Crippen molar-refractivity contribution in [2.45, 2.75) is 18.3 Å². The Balaban J connectivity index is 3.18. The first-order valence-electron chi connectivity index (χ1n) is 4.01. The summed E-state index contributed by atoms with van der Waals surface area (Å²) in [5, 5.41) is 0. The van der Waals surface area contributed by atoms with Crippen molar-refractivity contribution in [3.63, 3.8) is 0 Å². The van der Waals surface area contributed by atoms with E-state index in [1.165, 1.54) is 12.1 Å². The van der Waals surface area contributed by atoms with E-state index in [0.29, 0.717) is 3.57 Å². The Morgan fingerprint density at radius 1 is 0.812 bits per heavy atom. The summed E-state index contributed by atoms with van der Waals surface area (Å²) < 4.78 is 74.3. The van der Waals surface area contributed by atoms with Crippen molar-refractivity contribution in [1.82, 2.24) is 0 Å². The van der Waals surface area contributed by atoms with Crippen molar-refractivity contribution in [3.8, 4) is 0 Å². The number of alkyl halides is 6.